The lowest BCUT2D eigenvalue weighted by Gasteiger charge is -2.22. The summed E-state index contributed by atoms with van der Waals surface area (Å²) in [5, 5.41) is 0. The highest BCUT2D eigenvalue weighted by Gasteiger charge is 2.28. The van der Waals surface area contributed by atoms with Crippen LogP contribution in [0.5, 0.6) is 5.75 Å². The molecule has 0 aromatic heterocycles. The third-order valence-corrected chi connectivity index (χ3v) is 6.84. The van der Waals surface area contributed by atoms with Gasteiger partial charge in [-0.05, 0) is 48.4 Å². The number of hydrogen-bond donors (Lipinski definition) is 1. The van der Waals surface area contributed by atoms with Crippen molar-refractivity contribution in [2.24, 2.45) is 5.73 Å². The minimum Gasteiger partial charge on any atom is -0.484 e. The smallest absolute Gasteiger partial charge is 0.260 e. The van der Waals surface area contributed by atoms with Gasteiger partial charge in [-0.25, -0.2) is 12.8 Å². The van der Waals surface area contributed by atoms with Crippen LogP contribution in [0.3, 0.4) is 0 Å². The van der Waals surface area contributed by atoms with Gasteiger partial charge >= 0.3 is 0 Å². The Labute approximate surface area is 180 Å². The monoisotopic (exact) mass is 449 g/mol. The predicted octanol–water partition coefficient (Wildman–Crippen LogP) is 1.16. The van der Waals surface area contributed by atoms with Crippen molar-refractivity contribution in [3.05, 3.63) is 59.9 Å². The van der Waals surface area contributed by atoms with Gasteiger partial charge in [0.15, 0.2) is 6.61 Å². The van der Waals surface area contributed by atoms with Crippen LogP contribution in [-0.4, -0.2) is 62.2 Å². The number of carbonyl (C=O) groups is 2. The molecule has 0 unspecified atom stereocenters. The van der Waals surface area contributed by atoms with Crippen LogP contribution >= 0.6 is 0 Å². The van der Waals surface area contributed by atoms with E-state index in [1.807, 2.05) is 0 Å². The third kappa shape index (κ3) is 6.02. The van der Waals surface area contributed by atoms with E-state index in [9.17, 15) is 22.4 Å². The standard InChI is InChI=1S/C21H24FN3O5S/c22-17-4-8-19(9-5-17)31(28,29)25-11-1-10-24(12-13-25)21(27)15-30-18-6-2-16(3-7-18)14-20(23)26/h2-9H,1,10-15H2,(H2,23,26). The van der Waals surface area contributed by atoms with Crippen molar-refractivity contribution in [1.82, 2.24) is 9.21 Å². The Balaban J connectivity index is 1.54. The van der Waals surface area contributed by atoms with Crippen molar-refractivity contribution in [3.63, 3.8) is 0 Å². The summed E-state index contributed by atoms with van der Waals surface area (Å²) >= 11 is 0. The molecule has 10 heteroatoms. The lowest BCUT2D eigenvalue weighted by atomic mass is 10.1. The molecule has 0 saturated carbocycles. The Kier molecular flexibility index (Phi) is 7.24. The third-order valence-electron chi connectivity index (χ3n) is 4.92. The Morgan fingerprint density at radius 2 is 1.65 bits per heavy atom. The number of sulfonamides is 1. The molecule has 1 aliphatic heterocycles. The summed E-state index contributed by atoms with van der Waals surface area (Å²) in [5.74, 6) is -0.700. The maximum atomic E-state index is 13.1. The van der Waals surface area contributed by atoms with E-state index in [1.165, 1.54) is 16.4 Å². The molecule has 0 spiro atoms. The number of rotatable bonds is 7. The summed E-state index contributed by atoms with van der Waals surface area (Å²) in [6.45, 7) is 0.883. The van der Waals surface area contributed by atoms with E-state index in [4.69, 9.17) is 10.5 Å². The lowest BCUT2D eigenvalue weighted by molar-refractivity contribution is -0.133. The number of nitrogens with zero attached hydrogens (tertiary/aromatic N) is 2. The van der Waals surface area contributed by atoms with Gasteiger partial charge in [0.2, 0.25) is 15.9 Å². The quantitative estimate of drug-likeness (QED) is 0.682. The zero-order chi connectivity index (χ0) is 22.4. The summed E-state index contributed by atoms with van der Waals surface area (Å²) < 4.78 is 45.5. The molecule has 1 fully saturated rings. The van der Waals surface area contributed by atoms with Crippen molar-refractivity contribution < 1.29 is 27.1 Å². The van der Waals surface area contributed by atoms with Gasteiger partial charge in [0, 0.05) is 26.2 Å². The van der Waals surface area contributed by atoms with Gasteiger partial charge in [-0.1, -0.05) is 12.1 Å². The average Bonchev–Trinajstić information content (AvgIpc) is 3.00. The molecule has 8 nitrogen and oxygen atoms in total. The molecular weight excluding hydrogens is 425 g/mol. The number of benzene rings is 2. The van der Waals surface area contributed by atoms with Crippen molar-refractivity contribution >= 4 is 21.8 Å². The molecule has 31 heavy (non-hydrogen) atoms. The summed E-state index contributed by atoms with van der Waals surface area (Å²) in [5.41, 5.74) is 5.91. The molecule has 1 aliphatic rings. The summed E-state index contributed by atoms with van der Waals surface area (Å²) in [6, 6.07) is 11.4. The first-order valence-corrected chi connectivity index (χ1v) is 11.2. The number of ether oxygens (including phenoxy) is 1. The van der Waals surface area contributed by atoms with Crippen LogP contribution in [-0.2, 0) is 26.0 Å². The summed E-state index contributed by atoms with van der Waals surface area (Å²) in [6.07, 6.45) is 0.609. The van der Waals surface area contributed by atoms with Crippen LogP contribution < -0.4 is 10.5 Å². The highest BCUT2D eigenvalue weighted by atomic mass is 32.2. The van der Waals surface area contributed by atoms with E-state index in [1.54, 1.807) is 29.2 Å². The van der Waals surface area contributed by atoms with E-state index < -0.39 is 21.7 Å². The van der Waals surface area contributed by atoms with E-state index in [-0.39, 0.29) is 43.5 Å². The van der Waals surface area contributed by atoms with E-state index in [0.717, 1.165) is 17.7 Å². The Morgan fingerprint density at radius 3 is 2.29 bits per heavy atom. The molecular formula is C21H24FN3O5S. The van der Waals surface area contributed by atoms with Gasteiger partial charge in [0.1, 0.15) is 11.6 Å². The summed E-state index contributed by atoms with van der Waals surface area (Å²) in [4.78, 5) is 25.1. The van der Waals surface area contributed by atoms with Gasteiger partial charge in [0.25, 0.3) is 5.91 Å². The fraction of sp³-hybridized carbons (Fsp3) is 0.333. The van der Waals surface area contributed by atoms with Crippen LogP contribution in [0.1, 0.15) is 12.0 Å². The molecule has 3 rings (SSSR count). The van der Waals surface area contributed by atoms with Crippen molar-refractivity contribution in [3.8, 4) is 5.75 Å². The van der Waals surface area contributed by atoms with Crippen LogP contribution in [0.15, 0.2) is 53.4 Å². The number of nitrogens with two attached hydrogens (primary N) is 1. The van der Waals surface area contributed by atoms with Crippen LogP contribution in [0.2, 0.25) is 0 Å². The Morgan fingerprint density at radius 1 is 0.968 bits per heavy atom. The van der Waals surface area contributed by atoms with Crippen LogP contribution in [0.4, 0.5) is 4.39 Å². The average molecular weight is 450 g/mol. The second kappa shape index (κ2) is 9.88. The van der Waals surface area contributed by atoms with Crippen molar-refractivity contribution in [2.75, 3.05) is 32.8 Å². The van der Waals surface area contributed by atoms with Gasteiger partial charge in [-0.15, -0.1) is 0 Å². The Bertz CT molecular complexity index is 1030. The maximum absolute atomic E-state index is 13.1. The molecule has 0 atom stereocenters. The first-order valence-electron chi connectivity index (χ1n) is 9.79. The van der Waals surface area contributed by atoms with Gasteiger partial charge < -0.3 is 15.4 Å². The predicted molar refractivity (Wildman–Crippen MR) is 111 cm³/mol. The Hall–Kier alpha value is -2.98. The topological polar surface area (TPSA) is 110 Å². The molecule has 2 amide bonds. The molecule has 1 heterocycles. The fourth-order valence-corrected chi connectivity index (χ4v) is 4.75. The van der Waals surface area contributed by atoms with E-state index in [0.29, 0.717) is 18.7 Å². The van der Waals surface area contributed by atoms with Gasteiger partial charge in [-0.2, -0.15) is 4.31 Å². The van der Waals surface area contributed by atoms with Crippen molar-refractivity contribution in [2.45, 2.75) is 17.7 Å². The number of hydrogen-bond acceptors (Lipinski definition) is 5. The van der Waals surface area contributed by atoms with Gasteiger partial charge in [0.05, 0.1) is 11.3 Å². The first kappa shape index (κ1) is 22.7. The molecule has 1 saturated heterocycles. The molecule has 0 aliphatic carbocycles. The molecule has 0 bridgehead atoms. The zero-order valence-electron chi connectivity index (χ0n) is 16.9. The number of halogens is 1. The minimum absolute atomic E-state index is 0.0248. The van der Waals surface area contributed by atoms with E-state index >= 15 is 0 Å². The molecule has 0 radical (unpaired) electrons. The van der Waals surface area contributed by atoms with Gasteiger partial charge in [-0.3, -0.25) is 9.59 Å². The van der Waals surface area contributed by atoms with Crippen LogP contribution in [0, 0.1) is 5.82 Å². The molecule has 2 N–H and O–H groups in total. The largest absolute Gasteiger partial charge is 0.484 e. The fourth-order valence-electron chi connectivity index (χ4n) is 3.28. The first-order chi connectivity index (χ1) is 14.8. The van der Waals surface area contributed by atoms with Crippen LogP contribution in [0.25, 0.3) is 0 Å². The molecule has 2 aromatic rings. The second-order valence-corrected chi connectivity index (χ2v) is 9.11. The molecule has 166 valence electrons. The zero-order valence-corrected chi connectivity index (χ0v) is 17.7. The normalized spacial score (nSPS) is 15.3. The number of carbonyl (C=O) groups excluding carboxylic acids is 2. The van der Waals surface area contributed by atoms with Crippen molar-refractivity contribution in [1.29, 1.82) is 0 Å². The number of amides is 2. The second-order valence-electron chi connectivity index (χ2n) is 7.17. The highest BCUT2D eigenvalue weighted by Crippen LogP contribution is 2.18. The minimum atomic E-state index is -3.75. The maximum Gasteiger partial charge on any atom is 0.260 e. The highest BCUT2D eigenvalue weighted by molar-refractivity contribution is 7.89. The lowest BCUT2D eigenvalue weighted by Crippen LogP contribution is -2.39. The molecule has 2 aromatic carbocycles. The SMILES string of the molecule is NC(=O)Cc1ccc(OCC(=O)N2CCCN(S(=O)(=O)c3ccc(F)cc3)CC2)cc1. The summed E-state index contributed by atoms with van der Waals surface area (Å²) in [7, 11) is -3.75. The number of primary amides is 1. The van der Waals surface area contributed by atoms with E-state index in [2.05, 4.69) is 0 Å².